The van der Waals surface area contributed by atoms with Gasteiger partial charge in [-0.25, -0.2) is 0 Å². The Morgan fingerprint density at radius 1 is 1.03 bits per heavy atom. The highest BCUT2D eigenvalue weighted by Gasteiger charge is 2.67. The molecule has 0 aliphatic carbocycles. The molecular formula is C29H25N3O6. The lowest BCUT2D eigenvalue weighted by Gasteiger charge is -2.34. The number of ether oxygens (including phenoxy) is 2. The van der Waals surface area contributed by atoms with Gasteiger partial charge in [-0.1, -0.05) is 31.2 Å². The molecule has 1 atom stereocenters. The molecule has 1 spiro atoms. The summed E-state index contributed by atoms with van der Waals surface area (Å²) in [6, 6.07) is 15.4. The molecule has 3 aliphatic rings. The number of anilines is 1. The van der Waals surface area contributed by atoms with Crippen LogP contribution in [0.5, 0.6) is 11.5 Å². The SMILES string of the molecule is CCCN1C(=O)C2(/C(=C(\O)c3ccc4c(c3)OCCO4)C(=O)C(=O)N2Cc2cccnc2)c2ccccc21. The zero-order chi connectivity index (χ0) is 26.4. The van der Waals surface area contributed by atoms with Gasteiger partial charge in [0.2, 0.25) is 0 Å². The third-order valence-electron chi connectivity index (χ3n) is 7.14. The number of aliphatic hydroxyl groups is 1. The Kier molecular flexibility index (Phi) is 5.63. The van der Waals surface area contributed by atoms with E-state index in [1.54, 1.807) is 65.8 Å². The van der Waals surface area contributed by atoms with Crippen molar-refractivity contribution in [2.45, 2.75) is 25.4 Å². The van der Waals surface area contributed by atoms with Crippen molar-refractivity contribution >= 4 is 29.0 Å². The molecule has 4 heterocycles. The van der Waals surface area contributed by atoms with Gasteiger partial charge in [0.1, 0.15) is 19.0 Å². The fraction of sp³-hybridized carbons (Fsp3) is 0.241. The molecule has 9 heteroatoms. The number of pyridine rings is 1. The average Bonchev–Trinajstić information content (AvgIpc) is 3.32. The van der Waals surface area contributed by atoms with E-state index in [1.807, 2.05) is 13.0 Å². The maximum absolute atomic E-state index is 14.4. The van der Waals surface area contributed by atoms with Gasteiger partial charge >= 0.3 is 0 Å². The number of amides is 2. The molecule has 1 saturated heterocycles. The molecule has 192 valence electrons. The molecule has 1 N–H and O–H groups in total. The van der Waals surface area contributed by atoms with E-state index in [9.17, 15) is 19.5 Å². The monoisotopic (exact) mass is 511 g/mol. The van der Waals surface area contributed by atoms with Crippen LogP contribution in [0.4, 0.5) is 5.69 Å². The highest BCUT2D eigenvalue weighted by molar-refractivity contribution is 6.50. The molecule has 3 aliphatic heterocycles. The molecule has 9 nitrogen and oxygen atoms in total. The van der Waals surface area contributed by atoms with Gasteiger partial charge in [0, 0.05) is 36.6 Å². The predicted molar refractivity (Wildman–Crippen MR) is 138 cm³/mol. The second kappa shape index (κ2) is 9.02. The Hall–Kier alpha value is -4.66. The van der Waals surface area contributed by atoms with Gasteiger partial charge in [-0.2, -0.15) is 0 Å². The van der Waals surface area contributed by atoms with Crippen LogP contribution in [0.15, 0.2) is 72.6 Å². The van der Waals surface area contributed by atoms with Gasteiger partial charge in [0.05, 0.1) is 11.3 Å². The third-order valence-corrected chi connectivity index (χ3v) is 7.14. The van der Waals surface area contributed by atoms with E-state index < -0.39 is 28.9 Å². The maximum atomic E-state index is 14.4. The van der Waals surface area contributed by atoms with E-state index in [-0.39, 0.29) is 17.7 Å². The van der Waals surface area contributed by atoms with Crippen molar-refractivity contribution in [3.8, 4) is 11.5 Å². The summed E-state index contributed by atoms with van der Waals surface area (Å²) in [6.07, 6.45) is 3.85. The molecule has 0 saturated carbocycles. The van der Waals surface area contributed by atoms with Gasteiger partial charge in [-0.15, -0.1) is 0 Å². The molecule has 2 amide bonds. The van der Waals surface area contributed by atoms with E-state index in [4.69, 9.17) is 9.47 Å². The molecule has 0 radical (unpaired) electrons. The number of ketones is 1. The number of fused-ring (bicyclic) bond motifs is 3. The van der Waals surface area contributed by atoms with Crippen molar-refractivity contribution in [1.82, 2.24) is 9.88 Å². The molecule has 3 aromatic rings. The van der Waals surface area contributed by atoms with Gasteiger partial charge in [-0.05, 0) is 42.3 Å². The predicted octanol–water partition coefficient (Wildman–Crippen LogP) is 3.39. The number of carbonyl (C=O) groups is 3. The largest absolute Gasteiger partial charge is 0.507 e. The zero-order valence-electron chi connectivity index (χ0n) is 20.7. The Morgan fingerprint density at radius 2 is 1.82 bits per heavy atom. The van der Waals surface area contributed by atoms with Crippen LogP contribution >= 0.6 is 0 Å². The summed E-state index contributed by atoms with van der Waals surface area (Å²) >= 11 is 0. The van der Waals surface area contributed by atoms with E-state index in [0.29, 0.717) is 54.5 Å². The number of carbonyl (C=O) groups excluding carboxylic acids is 3. The Labute approximate surface area is 218 Å². The van der Waals surface area contributed by atoms with Gasteiger partial charge < -0.3 is 24.4 Å². The average molecular weight is 512 g/mol. The Balaban J connectivity index is 1.62. The second-order valence-corrected chi connectivity index (χ2v) is 9.35. The lowest BCUT2D eigenvalue weighted by molar-refractivity contribution is -0.144. The highest BCUT2D eigenvalue weighted by Crippen LogP contribution is 2.54. The van der Waals surface area contributed by atoms with Crippen molar-refractivity contribution in [1.29, 1.82) is 0 Å². The van der Waals surface area contributed by atoms with Crippen LogP contribution < -0.4 is 14.4 Å². The lowest BCUT2D eigenvalue weighted by Crippen LogP contribution is -2.51. The smallest absolute Gasteiger partial charge is 0.296 e. The van der Waals surface area contributed by atoms with Crippen LogP contribution in [0, 0.1) is 0 Å². The molecular weight excluding hydrogens is 486 g/mol. The first-order valence-corrected chi connectivity index (χ1v) is 12.5. The minimum Gasteiger partial charge on any atom is -0.507 e. The molecule has 6 rings (SSSR count). The second-order valence-electron chi connectivity index (χ2n) is 9.35. The van der Waals surface area contributed by atoms with E-state index in [2.05, 4.69) is 4.98 Å². The summed E-state index contributed by atoms with van der Waals surface area (Å²) < 4.78 is 11.2. The number of Topliss-reactive ketones (excluding diaryl/α,β-unsaturated/α-hetero) is 1. The fourth-order valence-electron chi connectivity index (χ4n) is 5.54. The number of aromatic nitrogens is 1. The summed E-state index contributed by atoms with van der Waals surface area (Å²) in [5, 5.41) is 11.7. The first-order chi connectivity index (χ1) is 18.5. The van der Waals surface area contributed by atoms with Gasteiger partial charge in [0.25, 0.3) is 17.6 Å². The first-order valence-electron chi connectivity index (χ1n) is 12.5. The molecule has 1 fully saturated rings. The Bertz CT molecular complexity index is 1500. The summed E-state index contributed by atoms with van der Waals surface area (Å²) in [4.78, 5) is 48.8. The molecule has 2 aromatic carbocycles. The number of benzene rings is 2. The topological polar surface area (TPSA) is 109 Å². The van der Waals surface area contributed by atoms with Crippen LogP contribution in [0.1, 0.15) is 30.0 Å². The normalized spacial score (nSPS) is 21.3. The van der Waals surface area contributed by atoms with E-state index in [0.717, 1.165) is 0 Å². The lowest BCUT2D eigenvalue weighted by atomic mass is 9.81. The summed E-state index contributed by atoms with van der Waals surface area (Å²) in [6.45, 7) is 3.03. The summed E-state index contributed by atoms with van der Waals surface area (Å²) in [5.41, 5.74) is -0.141. The number of nitrogens with zero attached hydrogens (tertiary/aromatic N) is 3. The van der Waals surface area contributed by atoms with Crippen molar-refractivity contribution in [3.05, 3.63) is 89.3 Å². The minimum absolute atomic E-state index is 0.0453. The van der Waals surface area contributed by atoms with Crippen LogP contribution in [0.25, 0.3) is 5.76 Å². The van der Waals surface area contributed by atoms with Crippen molar-refractivity contribution in [2.24, 2.45) is 0 Å². The summed E-state index contributed by atoms with van der Waals surface area (Å²) in [5.74, 6) is -1.78. The number of hydrogen-bond acceptors (Lipinski definition) is 7. The van der Waals surface area contributed by atoms with E-state index in [1.165, 1.54) is 4.90 Å². The number of likely N-dealkylation sites (tertiary alicyclic amines) is 1. The quantitative estimate of drug-likeness (QED) is 0.318. The minimum atomic E-state index is -1.84. The molecule has 1 unspecified atom stereocenters. The Morgan fingerprint density at radius 3 is 2.58 bits per heavy atom. The van der Waals surface area contributed by atoms with Crippen molar-refractivity contribution < 1.29 is 29.0 Å². The molecule has 0 bridgehead atoms. The van der Waals surface area contributed by atoms with Gasteiger partial charge in [0.15, 0.2) is 17.0 Å². The third kappa shape index (κ3) is 3.31. The number of rotatable bonds is 5. The van der Waals surface area contributed by atoms with Crippen LogP contribution in [0.2, 0.25) is 0 Å². The van der Waals surface area contributed by atoms with Crippen LogP contribution in [0.3, 0.4) is 0 Å². The van der Waals surface area contributed by atoms with Crippen molar-refractivity contribution in [2.75, 3.05) is 24.7 Å². The van der Waals surface area contributed by atoms with Crippen LogP contribution in [-0.4, -0.2) is 52.3 Å². The number of hydrogen-bond donors (Lipinski definition) is 1. The van der Waals surface area contributed by atoms with Gasteiger partial charge in [-0.3, -0.25) is 19.4 Å². The van der Waals surface area contributed by atoms with Crippen molar-refractivity contribution in [3.63, 3.8) is 0 Å². The highest BCUT2D eigenvalue weighted by atomic mass is 16.6. The summed E-state index contributed by atoms with van der Waals surface area (Å²) in [7, 11) is 0. The number of para-hydroxylation sites is 1. The van der Waals surface area contributed by atoms with E-state index >= 15 is 0 Å². The first kappa shape index (κ1) is 23.7. The standard InChI is InChI=1S/C29H25N3O6/c1-2-12-31-21-8-4-3-7-20(21)29(28(31)36)24(25(33)19-9-10-22-23(15-19)38-14-13-37-22)26(34)27(35)32(29)17-18-6-5-11-30-16-18/h3-11,15-16,33H,2,12-14,17H2,1H3/b25-24-. The molecule has 1 aromatic heterocycles. The molecule has 38 heavy (non-hydrogen) atoms. The maximum Gasteiger partial charge on any atom is 0.296 e. The zero-order valence-corrected chi connectivity index (χ0v) is 20.7. The fourth-order valence-corrected chi connectivity index (χ4v) is 5.54. The number of aliphatic hydroxyl groups excluding tert-OH is 1. The van der Waals surface area contributed by atoms with Crippen LogP contribution in [-0.2, 0) is 26.5 Å².